The Bertz CT molecular complexity index is 465. The summed E-state index contributed by atoms with van der Waals surface area (Å²) in [5, 5.41) is 16.5. The van der Waals surface area contributed by atoms with Gasteiger partial charge in [0.1, 0.15) is 18.0 Å². The van der Waals surface area contributed by atoms with Crippen molar-refractivity contribution in [3.05, 3.63) is 12.4 Å². The number of ether oxygens (including phenoxy) is 1. The minimum absolute atomic E-state index is 0.130. The second-order valence-electron chi connectivity index (χ2n) is 6.41. The summed E-state index contributed by atoms with van der Waals surface area (Å²) < 4.78 is 5.48. The van der Waals surface area contributed by atoms with Crippen molar-refractivity contribution in [1.29, 1.82) is 0 Å². The Morgan fingerprint density at radius 1 is 1.18 bits per heavy atom. The van der Waals surface area contributed by atoms with E-state index >= 15 is 0 Å². The highest BCUT2D eigenvalue weighted by molar-refractivity contribution is 5.47. The second-order valence-corrected chi connectivity index (χ2v) is 6.41. The van der Waals surface area contributed by atoms with Gasteiger partial charge in [-0.25, -0.2) is 9.97 Å². The lowest BCUT2D eigenvalue weighted by atomic mass is 9.87. The van der Waals surface area contributed by atoms with E-state index in [-0.39, 0.29) is 6.10 Å². The van der Waals surface area contributed by atoms with Gasteiger partial charge in [0.05, 0.1) is 18.8 Å². The molecule has 3 N–H and O–H groups in total. The van der Waals surface area contributed by atoms with Crippen molar-refractivity contribution in [2.45, 2.75) is 50.7 Å². The topological polar surface area (TPSA) is 79.3 Å². The zero-order valence-electron chi connectivity index (χ0n) is 13.0. The molecular weight excluding hydrogens is 280 g/mol. The SMILES string of the molecule is O[C@@H]1CCC[C@@H](CNc2cc(N[C@@H]3CCCOC3)ncn2)C1. The molecule has 0 bridgehead atoms. The molecule has 22 heavy (non-hydrogen) atoms. The normalized spacial score (nSPS) is 29.0. The van der Waals surface area contributed by atoms with Gasteiger partial charge in [0.15, 0.2) is 0 Å². The molecule has 0 amide bonds. The van der Waals surface area contributed by atoms with Crippen LogP contribution < -0.4 is 10.6 Å². The molecular formula is C16H26N4O2. The monoisotopic (exact) mass is 306 g/mol. The van der Waals surface area contributed by atoms with E-state index < -0.39 is 0 Å². The molecule has 1 aromatic rings. The molecule has 2 aliphatic rings. The largest absolute Gasteiger partial charge is 0.393 e. The first-order valence-electron chi connectivity index (χ1n) is 8.38. The van der Waals surface area contributed by atoms with E-state index in [2.05, 4.69) is 20.6 Å². The lowest BCUT2D eigenvalue weighted by Gasteiger charge is -2.26. The number of aliphatic hydroxyl groups excluding tert-OH is 1. The van der Waals surface area contributed by atoms with Crippen LogP contribution in [0.1, 0.15) is 38.5 Å². The van der Waals surface area contributed by atoms with Crippen LogP contribution in [0.5, 0.6) is 0 Å². The fourth-order valence-corrected chi connectivity index (χ4v) is 3.29. The molecule has 0 radical (unpaired) electrons. The van der Waals surface area contributed by atoms with Crippen LogP contribution in [0.2, 0.25) is 0 Å². The lowest BCUT2D eigenvalue weighted by molar-refractivity contribution is 0.0875. The number of aliphatic hydroxyl groups is 1. The van der Waals surface area contributed by atoms with E-state index in [1.54, 1.807) is 6.33 Å². The van der Waals surface area contributed by atoms with Crippen LogP contribution in [0.25, 0.3) is 0 Å². The van der Waals surface area contributed by atoms with Crippen molar-refractivity contribution in [2.24, 2.45) is 5.92 Å². The smallest absolute Gasteiger partial charge is 0.131 e. The number of anilines is 2. The molecule has 0 aromatic carbocycles. The van der Waals surface area contributed by atoms with E-state index in [0.717, 1.165) is 63.5 Å². The Balaban J connectivity index is 1.50. The standard InChI is InChI=1S/C16H26N4O2/c21-14-5-1-3-12(7-14)9-17-15-8-16(19-11-18-15)20-13-4-2-6-22-10-13/h8,11-14,21H,1-7,9-10H2,(H2,17,18,19,20)/t12-,13-,14-/m1/s1. The van der Waals surface area contributed by atoms with Crippen molar-refractivity contribution >= 4 is 11.6 Å². The third-order valence-electron chi connectivity index (χ3n) is 4.51. The number of rotatable bonds is 5. The van der Waals surface area contributed by atoms with Gasteiger partial charge in [0, 0.05) is 19.2 Å². The number of aromatic nitrogens is 2. The summed E-state index contributed by atoms with van der Waals surface area (Å²) in [6.45, 7) is 2.47. The van der Waals surface area contributed by atoms with Gasteiger partial charge in [0.2, 0.25) is 0 Å². The molecule has 3 atom stereocenters. The number of nitrogens with zero attached hydrogens (tertiary/aromatic N) is 2. The van der Waals surface area contributed by atoms with Crippen molar-refractivity contribution in [3.8, 4) is 0 Å². The molecule has 1 aliphatic heterocycles. The van der Waals surface area contributed by atoms with Crippen molar-refractivity contribution in [3.63, 3.8) is 0 Å². The Hall–Kier alpha value is -1.40. The Kier molecular flexibility index (Phi) is 5.45. The molecule has 1 saturated carbocycles. The molecule has 122 valence electrons. The molecule has 2 fully saturated rings. The van der Waals surface area contributed by atoms with Gasteiger partial charge < -0.3 is 20.5 Å². The van der Waals surface area contributed by atoms with Gasteiger partial charge >= 0.3 is 0 Å². The maximum absolute atomic E-state index is 9.73. The fourth-order valence-electron chi connectivity index (χ4n) is 3.29. The van der Waals surface area contributed by atoms with Gasteiger partial charge in [-0.2, -0.15) is 0 Å². The van der Waals surface area contributed by atoms with Gasteiger partial charge in [-0.3, -0.25) is 0 Å². The van der Waals surface area contributed by atoms with E-state index in [1.807, 2.05) is 6.07 Å². The average Bonchev–Trinajstić information content (AvgIpc) is 2.54. The summed E-state index contributed by atoms with van der Waals surface area (Å²) in [4.78, 5) is 8.56. The summed E-state index contributed by atoms with van der Waals surface area (Å²) >= 11 is 0. The van der Waals surface area contributed by atoms with Gasteiger partial charge in [-0.1, -0.05) is 6.42 Å². The third-order valence-corrected chi connectivity index (χ3v) is 4.51. The Morgan fingerprint density at radius 3 is 2.91 bits per heavy atom. The predicted octanol–water partition coefficient (Wildman–Crippen LogP) is 2.03. The highest BCUT2D eigenvalue weighted by atomic mass is 16.5. The molecule has 0 spiro atoms. The number of nitrogens with one attached hydrogen (secondary N) is 2. The molecule has 1 aromatic heterocycles. The van der Waals surface area contributed by atoms with E-state index in [0.29, 0.717) is 12.0 Å². The summed E-state index contributed by atoms with van der Waals surface area (Å²) in [5.74, 6) is 2.22. The van der Waals surface area contributed by atoms with Crippen LogP contribution in [-0.4, -0.2) is 47.0 Å². The molecule has 0 unspecified atom stereocenters. The van der Waals surface area contributed by atoms with E-state index in [1.165, 1.54) is 6.42 Å². The molecule has 1 aliphatic carbocycles. The van der Waals surface area contributed by atoms with E-state index in [9.17, 15) is 5.11 Å². The minimum Gasteiger partial charge on any atom is -0.393 e. The lowest BCUT2D eigenvalue weighted by Crippen LogP contribution is -2.30. The molecule has 6 nitrogen and oxygen atoms in total. The number of hydrogen-bond donors (Lipinski definition) is 3. The van der Waals surface area contributed by atoms with Crippen LogP contribution in [0.4, 0.5) is 11.6 Å². The zero-order chi connectivity index (χ0) is 15.2. The van der Waals surface area contributed by atoms with Crippen molar-refractivity contribution in [1.82, 2.24) is 9.97 Å². The van der Waals surface area contributed by atoms with Crippen LogP contribution in [0.3, 0.4) is 0 Å². The first-order valence-corrected chi connectivity index (χ1v) is 8.38. The van der Waals surface area contributed by atoms with Gasteiger partial charge in [0.25, 0.3) is 0 Å². The first-order chi connectivity index (χ1) is 10.8. The summed E-state index contributed by atoms with van der Waals surface area (Å²) in [5.41, 5.74) is 0. The molecule has 2 heterocycles. The molecule has 1 saturated heterocycles. The summed E-state index contributed by atoms with van der Waals surface area (Å²) in [7, 11) is 0. The van der Waals surface area contributed by atoms with Crippen LogP contribution in [0.15, 0.2) is 12.4 Å². The van der Waals surface area contributed by atoms with Crippen LogP contribution in [0, 0.1) is 5.92 Å². The third kappa shape index (κ3) is 4.55. The first kappa shape index (κ1) is 15.5. The quantitative estimate of drug-likeness (QED) is 0.772. The Labute approximate surface area is 131 Å². The molecule has 3 rings (SSSR count). The maximum atomic E-state index is 9.73. The molecule has 6 heteroatoms. The van der Waals surface area contributed by atoms with Crippen LogP contribution in [-0.2, 0) is 4.74 Å². The van der Waals surface area contributed by atoms with Gasteiger partial charge in [-0.15, -0.1) is 0 Å². The second kappa shape index (κ2) is 7.74. The average molecular weight is 306 g/mol. The summed E-state index contributed by atoms with van der Waals surface area (Å²) in [6, 6.07) is 2.29. The zero-order valence-corrected chi connectivity index (χ0v) is 13.0. The van der Waals surface area contributed by atoms with Crippen molar-refractivity contribution < 1.29 is 9.84 Å². The van der Waals surface area contributed by atoms with Crippen LogP contribution >= 0.6 is 0 Å². The van der Waals surface area contributed by atoms with Gasteiger partial charge in [-0.05, 0) is 38.0 Å². The fraction of sp³-hybridized carbons (Fsp3) is 0.750. The highest BCUT2D eigenvalue weighted by Crippen LogP contribution is 2.24. The van der Waals surface area contributed by atoms with Crippen molar-refractivity contribution in [2.75, 3.05) is 30.4 Å². The minimum atomic E-state index is -0.130. The maximum Gasteiger partial charge on any atom is 0.131 e. The number of hydrogen-bond acceptors (Lipinski definition) is 6. The highest BCUT2D eigenvalue weighted by Gasteiger charge is 2.20. The Morgan fingerprint density at radius 2 is 2.09 bits per heavy atom. The van der Waals surface area contributed by atoms with E-state index in [4.69, 9.17) is 4.74 Å². The predicted molar refractivity (Wildman–Crippen MR) is 86.0 cm³/mol. The summed E-state index contributed by atoms with van der Waals surface area (Å²) in [6.07, 6.45) is 7.80.